The highest BCUT2D eigenvalue weighted by Crippen LogP contribution is 2.08. The van der Waals surface area contributed by atoms with E-state index >= 15 is 0 Å². The van der Waals surface area contributed by atoms with E-state index in [0.29, 0.717) is 6.61 Å². The minimum Gasteiger partial charge on any atom is -0.465 e. The molecule has 0 aromatic heterocycles. The van der Waals surface area contributed by atoms with Crippen molar-refractivity contribution >= 4 is 29.5 Å². The molecule has 3 N–H and O–H groups in total. The smallest absolute Gasteiger partial charge is 0.314 e. The number of hydrazone groups is 1. The summed E-state index contributed by atoms with van der Waals surface area (Å²) in [6, 6.07) is 0. The molecule has 92 valence electrons. The molecule has 6 heteroatoms. The van der Waals surface area contributed by atoms with Gasteiger partial charge < -0.3 is 10.5 Å². The number of ether oxygens (including phenoxy) is 1. The molecule has 0 aromatic carbocycles. The Morgan fingerprint density at radius 3 is 2.81 bits per heavy atom. The second-order valence-electron chi connectivity index (χ2n) is 3.25. The van der Waals surface area contributed by atoms with Crippen molar-refractivity contribution in [3.05, 3.63) is 0 Å². The number of hydrogen-bond acceptors (Lipinski definition) is 4. The van der Waals surface area contributed by atoms with E-state index in [9.17, 15) is 4.79 Å². The van der Waals surface area contributed by atoms with Crippen molar-refractivity contribution in [3.8, 4) is 0 Å². The minimum atomic E-state index is -0.332. The van der Waals surface area contributed by atoms with Gasteiger partial charge in [-0.15, -0.1) is 0 Å². The number of esters is 1. The summed E-state index contributed by atoms with van der Waals surface area (Å²) >= 11 is 4.59. The van der Waals surface area contributed by atoms with E-state index in [1.54, 1.807) is 6.92 Å². The topological polar surface area (TPSA) is 76.7 Å². The van der Waals surface area contributed by atoms with Crippen LogP contribution in [0.15, 0.2) is 5.10 Å². The Hall–Kier alpha value is -1.17. The monoisotopic (exact) mass is 245 g/mol. The summed E-state index contributed by atoms with van der Waals surface area (Å²) in [6.45, 7) is 4.21. The van der Waals surface area contributed by atoms with Crippen LogP contribution in [0, 0.1) is 5.92 Å². The molecule has 1 unspecified atom stereocenters. The highest BCUT2D eigenvalue weighted by Gasteiger charge is 2.16. The summed E-state index contributed by atoms with van der Waals surface area (Å²) in [5.41, 5.74) is 7.62. The van der Waals surface area contributed by atoms with Gasteiger partial charge >= 0.3 is 5.97 Å². The summed E-state index contributed by atoms with van der Waals surface area (Å²) in [6.07, 6.45) is 4.18. The molecule has 0 radical (unpaired) electrons. The van der Waals surface area contributed by atoms with Gasteiger partial charge in [-0.2, -0.15) is 5.10 Å². The molecular formula is C10H19N3O2S. The summed E-state index contributed by atoms with van der Waals surface area (Å²) in [5.74, 6) is -0.591. The molecular weight excluding hydrogens is 226 g/mol. The maximum Gasteiger partial charge on any atom is 0.314 e. The predicted molar refractivity (Wildman–Crippen MR) is 68.1 cm³/mol. The average molecular weight is 245 g/mol. The molecule has 0 saturated heterocycles. The molecule has 5 nitrogen and oxygen atoms in total. The van der Waals surface area contributed by atoms with Crippen LogP contribution in [-0.2, 0) is 9.53 Å². The second kappa shape index (κ2) is 9.08. The van der Waals surface area contributed by atoms with Crippen LogP contribution in [0.3, 0.4) is 0 Å². The molecule has 0 amide bonds. The number of unbranched alkanes of at least 4 members (excludes halogenated alkanes) is 1. The fourth-order valence-electron chi connectivity index (χ4n) is 1.12. The Morgan fingerprint density at radius 2 is 2.31 bits per heavy atom. The van der Waals surface area contributed by atoms with E-state index in [0.717, 1.165) is 19.3 Å². The summed E-state index contributed by atoms with van der Waals surface area (Å²) in [7, 11) is 0. The van der Waals surface area contributed by atoms with Crippen molar-refractivity contribution in [2.75, 3.05) is 6.61 Å². The highest BCUT2D eigenvalue weighted by molar-refractivity contribution is 7.80. The molecule has 0 bridgehead atoms. The van der Waals surface area contributed by atoms with Crippen LogP contribution < -0.4 is 11.2 Å². The molecule has 0 fully saturated rings. The first kappa shape index (κ1) is 14.8. The van der Waals surface area contributed by atoms with E-state index in [4.69, 9.17) is 10.5 Å². The third-order valence-electron chi connectivity index (χ3n) is 1.89. The third-order valence-corrected chi connectivity index (χ3v) is 1.98. The van der Waals surface area contributed by atoms with Crippen LogP contribution in [0.2, 0.25) is 0 Å². The number of nitrogens with one attached hydrogen (secondary N) is 1. The first-order chi connectivity index (χ1) is 7.61. The van der Waals surface area contributed by atoms with Gasteiger partial charge in [-0.05, 0) is 25.6 Å². The molecule has 1 atom stereocenters. The Kier molecular flexibility index (Phi) is 8.42. The number of thiocarbonyl (C=S) groups is 1. The van der Waals surface area contributed by atoms with Crippen LogP contribution in [0.4, 0.5) is 0 Å². The highest BCUT2D eigenvalue weighted by atomic mass is 32.1. The van der Waals surface area contributed by atoms with Gasteiger partial charge in [0.2, 0.25) is 0 Å². The van der Waals surface area contributed by atoms with Crippen molar-refractivity contribution in [2.24, 2.45) is 16.8 Å². The lowest BCUT2D eigenvalue weighted by Crippen LogP contribution is -2.26. The lowest BCUT2D eigenvalue weighted by atomic mass is 10.0. The average Bonchev–Trinajstić information content (AvgIpc) is 2.22. The first-order valence-corrected chi connectivity index (χ1v) is 5.77. The van der Waals surface area contributed by atoms with Gasteiger partial charge in [-0.3, -0.25) is 10.2 Å². The quantitative estimate of drug-likeness (QED) is 0.305. The molecule has 0 aliphatic carbocycles. The van der Waals surface area contributed by atoms with Gasteiger partial charge in [0.15, 0.2) is 5.11 Å². The van der Waals surface area contributed by atoms with Gasteiger partial charge in [0.05, 0.1) is 12.5 Å². The summed E-state index contributed by atoms with van der Waals surface area (Å²) < 4.78 is 4.94. The number of rotatable bonds is 7. The molecule has 0 saturated carbocycles. The SMILES string of the molecule is CCCCC(/C=N/NC(N)=S)C(=O)OCC. The summed E-state index contributed by atoms with van der Waals surface area (Å²) in [4.78, 5) is 11.5. The molecule has 0 heterocycles. The zero-order valence-electron chi connectivity index (χ0n) is 9.73. The predicted octanol–water partition coefficient (Wildman–Crippen LogP) is 1.17. The van der Waals surface area contributed by atoms with Gasteiger partial charge in [0.25, 0.3) is 0 Å². The molecule has 0 rings (SSSR count). The van der Waals surface area contributed by atoms with Crippen molar-refractivity contribution in [3.63, 3.8) is 0 Å². The van der Waals surface area contributed by atoms with Gasteiger partial charge in [-0.25, -0.2) is 0 Å². The first-order valence-electron chi connectivity index (χ1n) is 5.37. The van der Waals surface area contributed by atoms with Crippen molar-refractivity contribution in [1.29, 1.82) is 0 Å². The Bertz CT molecular complexity index is 256. The zero-order valence-corrected chi connectivity index (χ0v) is 10.5. The molecule has 0 spiro atoms. The minimum absolute atomic E-state index is 0.0781. The number of nitrogens with two attached hydrogens (primary N) is 1. The van der Waals surface area contributed by atoms with Gasteiger partial charge in [-0.1, -0.05) is 19.8 Å². The van der Waals surface area contributed by atoms with E-state index in [2.05, 4.69) is 29.7 Å². The fourth-order valence-corrected chi connectivity index (χ4v) is 1.17. The van der Waals surface area contributed by atoms with Crippen molar-refractivity contribution < 1.29 is 9.53 Å². The molecule has 16 heavy (non-hydrogen) atoms. The maximum absolute atomic E-state index is 11.5. The lowest BCUT2D eigenvalue weighted by Gasteiger charge is -2.10. The molecule has 0 aliphatic heterocycles. The van der Waals surface area contributed by atoms with Crippen molar-refractivity contribution in [1.82, 2.24) is 5.43 Å². The van der Waals surface area contributed by atoms with E-state index in [1.165, 1.54) is 6.21 Å². The maximum atomic E-state index is 11.5. The number of nitrogens with zero attached hydrogens (tertiary/aromatic N) is 1. The molecule has 0 aromatic rings. The number of carbonyl (C=O) groups is 1. The van der Waals surface area contributed by atoms with E-state index in [-0.39, 0.29) is 17.0 Å². The van der Waals surface area contributed by atoms with E-state index in [1.807, 2.05) is 0 Å². The fraction of sp³-hybridized carbons (Fsp3) is 0.700. The Balaban J connectivity index is 4.23. The second-order valence-corrected chi connectivity index (χ2v) is 3.69. The zero-order chi connectivity index (χ0) is 12.4. The van der Waals surface area contributed by atoms with E-state index < -0.39 is 0 Å². The number of carbonyl (C=O) groups excluding carboxylic acids is 1. The van der Waals surface area contributed by atoms with Gasteiger partial charge in [0, 0.05) is 6.21 Å². The number of hydrogen-bond donors (Lipinski definition) is 2. The van der Waals surface area contributed by atoms with Crippen LogP contribution in [0.1, 0.15) is 33.1 Å². The van der Waals surface area contributed by atoms with Gasteiger partial charge in [0.1, 0.15) is 0 Å². The van der Waals surface area contributed by atoms with Crippen LogP contribution >= 0.6 is 12.2 Å². The van der Waals surface area contributed by atoms with Crippen LogP contribution in [0.5, 0.6) is 0 Å². The normalized spacial score (nSPS) is 12.4. The van der Waals surface area contributed by atoms with Crippen molar-refractivity contribution in [2.45, 2.75) is 33.1 Å². The summed E-state index contributed by atoms with van der Waals surface area (Å²) in [5, 5.41) is 3.86. The van der Waals surface area contributed by atoms with Crippen LogP contribution in [0.25, 0.3) is 0 Å². The Labute approximate surface area is 101 Å². The standard InChI is InChI=1S/C10H19N3O2S/c1-3-5-6-8(9(14)15-4-2)7-12-13-10(11)16/h7-8H,3-6H2,1-2H3,(H3,11,13,16)/b12-7+. The lowest BCUT2D eigenvalue weighted by molar-refractivity contribution is -0.145. The van der Waals surface area contributed by atoms with Crippen LogP contribution in [-0.4, -0.2) is 23.9 Å². The largest absolute Gasteiger partial charge is 0.465 e. The molecule has 0 aliphatic rings. The third kappa shape index (κ3) is 7.17. The Morgan fingerprint density at radius 1 is 1.62 bits per heavy atom.